The number of hydrogen-bond acceptors (Lipinski definition) is 7. The first kappa shape index (κ1) is 25.2. The van der Waals surface area contributed by atoms with Gasteiger partial charge in [-0.3, -0.25) is 4.90 Å². The molecule has 176 valence electrons. The number of dihydropyridines is 1. The number of rotatable bonds is 5. The Balaban J connectivity index is 2.47. The summed E-state index contributed by atoms with van der Waals surface area (Å²) < 4.78 is 16.0. The Morgan fingerprint density at radius 1 is 1.12 bits per heavy atom. The minimum atomic E-state index is -0.724. The van der Waals surface area contributed by atoms with E-state index >= 15 is 0 Å². The van der Waals surface area contributed by atoms with Crippen molar-refractivity contribution in [2.75, 3.05) is 20.3 Å². The van der Waals surface area contributed by atoms with E-state index in [0.717, 1.165) is 0 Å². The molecule has 8 nitrogen and oxygen atoms in total. The molecule has 0 radical (unpaired) electrons. The predicted molar refractivity (Wildman–Crippen MR) is 120 cm³/mol. The number of allylic oxidation sites excluding steroid dienone is 4. The Hall–Kier alpha value is -3.03. The largest absolute Gasteiger partial charge is 0.466 e. The van der Waals surface area contributed by atoms with Gasteiger partial charge in [-0.1, -0.05) is 19.9 Å². The lowest BCUT2D eigenvalue weighted by molar-refractivity contribution is -0.140. The first-order valence-electron chi connectivity index (χ1n) is 10.7. The Kier molecular flexibility index (Phi) is 7.93. The highest BCUT2D eigenvalue weighted by Gasteiger charge is 2.40. The maximum Gasteiger partial charge on any atom is 0.414 e. The fraction of sp³-hybridized carbons (Fsp3) is 0.542. The van der Waals surface area contributed by atoms with Crippen LogP contribution in [0.5, 0.6) is 0 Å². The molecule has 2 aliphatic rings. The summed E-state index contributed by atoms with van der Waals surface area (Å²) in [6.45, 7) is 13.2. The SMILES string of the molecule is COC(=O)C1=C(C)NC(C)=C(C(=O)OCC(C)C)C1C1=CC=CN(C(=O)OC(C)(C)C)C1. The number of nitrogens with zero attached hydrogens (tertiary/aromatic N) is 1. The predicted octanol–water partition coefficient (Wildman–Crippen LogP) is 3.82. The molecule has 1 amide bonds. The zero-order valence-corrected chi connectivity index (χ0v) is 20.2. The fourth-order valence-corrected chi connectivity index (χ4v) is 3.54. The maximum absolute atomic E-state index is 13.1. The molecule has 0 saturated carbocycles. The fourth-order valence-electron chi connectivity index (χ4n) is 3.54. The first-order valence-corrected chi connectivity index (χ1v) is 10.7. The molecule has 2 rings (SSSR count). The van der Waals surface area contributed by atoms with Crippen molar-refractivity contribution < 1.29 is 28.6 Å². The van der Waals surface area contributed by atoms with Crippen LogP contribution >= 0.6 is 0 Å². The molecule has 8 heteroatoms. The van der Waals surface area contributed by atoms with E-state index in [0.29, 0.717) is 28.1 Å². The molecule has 2 aliphatic heterocycles. The van der Waals surface area contributed by atoms with E-state index in [1.54, 1.807) is 53.0 Å². The number of methoxy groups -OCH3 is 1. The van der Waals surface area contributed by atoms with E-state index < -0.39 is 29.6 Å². The average molecular weight is 447 g/mol. The number of carbonyl (C=O) groups excluding carboxylic acids is 3. The van der Waals surface area contributed by atoms with Gasteiger partial charge in [0.1, 0.15) is 5.60 Å². The van der Waals surface area contributed by atoms with E-state index in [2.05, 4.69) is 5.32 Å². The number of carbonyl (C=O) groups is 3. The Labute approximate surface area is 189 Å². The van der Waals surface area contributed by atoms with E-state index in [1.807, 2.05) is 13.8 Å². The summed E-state index contributed by atoms with van der Waals surface area (Å²) in [6, 6.07) is 0. The lowest BCUT2D eigenvalue weighted by atomic mass is 9.79. The molecular weight excluding hydrogens is 412 g/mol. The van der Waals surface area contributed by atoms with Gasteiger partial charge in [0.25, 0.3) is 0 Å². The van der Waals surface area contributed by atoms with Gasteiger partial charge in [-0.2, -0.15) is 0 Å². The summed E-state index contributed by atoms with van der Waals surface area (Å²) in [5, 5.41) is 3.10. The van der Waals surface area contributed by atoms with Crippen LogP contribution in [0.25, 0.3) is 0 Å². The third-order valence-electron chi connectivity index (χ3n) is 4.86. The summed E-state index contributed by atoms with van der Waals surface area (Å²) in [5.74, 6) is -1.63. The van der Waals surface area contributed by atoms with Gasteiger partial charge >= 0.3 is 18.0 Å². The van der Waals surface area contributed by atoms with E-state index in [-0.39, 0.29) is 19.1 Å². The molecule has 1 atom stereocenters. The highest BCUT2D eigenvalue weighted by atomic mass is 16.6. The number of hydrogen-bond donors (Lipinski definition) is 1. The molecule has 0 saturated heterocycles. The van der Waals surface area contributed by atoms with Crippen molar-refractivity contribution in [1.29, 1.82) is 0 Å². The quantitative estimate of drug-likeness (QED) is 0.507. The highest BCUT2D eigenvalue weighted by Crippen LogP contribution is 2.38. The van der Waals surface area contributed by atoms with Gasteiger partial charge in [-0.15, -0.1) is 0 Å². The standard InChI is InChI=1S/C24H34N2O6/c1-14(2)13-31-22(28)19-16(4)25-15(3)18(21(27)30-8)20(19)17-10-9-11-26(12-17)23(29)32-24(5,6)7/h9-11,14,20,25H,12-13H2,1-8H3. The van der Waals surface area contributed by atoms with Gasteiger partial charge in [0.15, 0.2) is 0 Å². The molecule has 32 heavy (non-hydrogen) atoms. The zero-order valence-electron chi connectivity index (χ0n) is 20.2. The van der Waals surface area contributed by atoms with Gasteiger partial charge in [0.2, 0.25) is 0 Å². The van der Waals surface area contributed by atoms with Gasteiger partial charge in [0.05, 0.1) is 31.4 Å². The van der Waals surface area contributed by atoms with Crippen LogP contribution in [0.1, 0.15) is 48.5 Å². The van der Waals surface area contributed by atoms with Crippen molar-refractivity contribution in [2.24, 2.45) is 11.8 Å². The second kappa shape index (κ2) is 10.1. The Bertz CT molecular complexity index is 902. The topological polar surface area (TPSA) is 94.2 Å². The smallest absolute Gasteiger partial charge is 0.414 e. The summed E-state index contributed by atoms with van der Waals surface area (Å²) in [7, 11) is 1.30. The van der Waals surface area contributed by atoms with Crippen LogP contribution in [-0.4, -0.2) is 48.8 Å². The van der Waals surface area contributed by atoms with Gasteiger partial charge in [0, 0.05) is 23.5 Å². The number of esters is 2. The van der Waals surface area contributed by atoms with E-state index in [4.69, 9.17) is 14.2 Å². The third kappa shape index (κ3) is 6.02. The third-order valence-corrected chi connectivity index (χ3v) is 4.86. The Morgan fingerprint density at radius 3 is 2.25 bits per heavy atom. The molecule has 0 aliphatic carbocycles. The lowest BCUT2D eigenvalue weighted by Crippen LogP contribution is -2.40. The second-order valence-corrected chi connectivity index (χ2v) is 9.31. The van der Waals surface area contributed by atoms with Crippen molar-refractivity contribution in [2.45, 2.75) is 54.1 Å². The van der Waals surface area contributed by atoms with Crippen molar-refractivity contribution in [3.8, 4) is 0 Å². The van der Waals surface area contributed by atoms with Crippen molar-refractivity contribution >= 4 is 18.0 Å². The molecule has 2 heterocycles. The van der Waals surface area contributed by atoms with Crippen LogP contribution in [0.4, 0.5) is 4.79 Å². The highest BCUT2D eigenvalue weighted by molar-refractivity contribution is 5.99. The minimum absolute atomic E-state index is 0.151. The molecule has 1 unspecified atom stereocenters. The average Bonchev–Trinajstić information content (AvgIpc) is 2.69. The van der Waals surface area contributed by atoms with Crippen LogP contribution in [0.15, 0.2) is 46.5 Å². The summed E-state index contributed by atoms with van der Waals surface area (Å²) in [6.07, 6.45) is 4.59. The van der Waals surface area contributed by atoms with Crippen LogP contribution in [0.2, 0.25) is 0 Å². The van der Waals surface area contributed by atoms with Crippen molar-refractivity contribution in [1.82, 2.24) is 10.2 Å². The number of amides is 1. The molecule has 0 aromatic rings. The van der Waals surface area contributed by atoms with Gasteiger partial charge in [-0.25, -0.2) is 14.4 Å². The second-order valence-electron chi connectivity index (χ2n) is 9.31. The molecular formula is C24H34N2O6. The molecule has 0 spiro atoms. The maximum atomic E-state index is 13.1. The van der Waals surface area contributed by atoms with E-state index in [1.165, 1.54) is 12.0 Å². The van der Waals surface area contributed by atoms with Crippen molar-refractivity contribution in [3.05, 3.63) is 46.5 Å². The molecule has 0 aromatic heterocycles. The first-order chi connectivity index (χ1) is 14.9. The van der Waals surface area contributed by atoms with Gasteiger partial charge in [-0.05, 0) is 52.2 Å². The van der Waals surface area contributed by atoms with Crippen molar-refractivity contribution in [3.63, 3.8) is 0 Å². The zero-order chi connectivity index (χ0) is 24.2. The molecule has 1 N–H and O–H groups in total. The molecule has 0 aromatic carbocycles. The summed E-state index contributed by atoms with van der Waals surface area (Å²) in [4.78, 5) is 39.9. The Morgan fingerprint density at radius 2 is 1.72 bits per heavy atom. The van der Waals surface area contributed by atoms with Crippen LogP contribution in [0.3, 0.4) is 0 Å². The van der Waals surface area contributed by atoms with Crippen LogP contribution < -0.4 is 5.32 Å². The van der Waals surface area contributed by atoms with Crippen LogP contribution in [0, 0.1) is 11.8 Å². The van der Waals surface area contributed by atoms with E-state index in [9.17, 15) is 14.4 Å². The van der Waals surface area contributed by atoms with Crippen LogP contribution in [-0.2, 0) is 23.8 Å². The monoisotopic (exact) mass is 446 g/mol. The number of ether oxygens (including phenoxy) is 3. The summed E-state index contributed by atoms with van der Waals surface area (Å²) in [5.41, 5.74) is 1.82. The minimum Gasteiger partial charge on any atom is -0.466 e. The molecule has 0 bridgehead atoms. The number of nitrogens with one attached hydrogen (secondary N) is 1. The molecule has 0 fully saturated rings. The van der Waals surface area contributed by atoms with Gasteiger partial charge < -0.3 is 19.5 Å². The lowest BCUT2D eigenvalue weighted by Gasteiger charge is -2.34. The summed E-state index contributed by atoms with van der Waals surface area (Å²) >= 11 is 0. The normalized spacial score (nSPS) is 19.0.